The van der Waals surface area contributed by atoms with Crippen molar-refractivity contribution in [2.24, 2.45) is 0 Å². The smallest absolute Gasteiger partial charge is 0.327 e. The molecule has 0 unspecified atom stereocenters. The van der Waals surface area contributed by atoms with Crippen LogP contribution in [0.1, 0.15) is 13.8 Å². The molecule has 0 saturated carbocycles. The second-order valence-electron chi connectivity index (χ2n) is 4.00. The van der Waals surface area contributed by atoms with E-state index in [2.05, 4.69) is 0 Å². The average molecular weight is 287 g/mol. The third-order valence-electron chi connectivity index (χ3n) is 2.47. The molecule has 1 atom stereocenters. The molecule has 0 aromatic heterocycles. The highest BCUT2D eigenvalue weighted by Gasteiger charge is 2.28. The first-order valence-electron chi connectivity index (χ1n) is 5.72. The van der Waals surface area contributed by atoms with Crippen molar-refractivity contribution < 1.29 is 23.1 Å². The molecule has 19 heavy (non-hydrogen) atoms. The number of hydrogen-bond acceptors (Lipinski definition) is 4. The zero-order valence-electron chi connectivity index (χ0n) is 11.0. The van der Waals surface area contributed by atoms with Gasteiger partial charge in [0.1, 0.15) is 11.8 Å². The van der Waals surface area contributed by atoms with Crippen molar-refractivity contribution >= 4 is 21.7 Å². The van der Waals surface area contributed by atoms with Crippen molar-refractivity contribution in [3.8, 4) is 5.75 Å². The lowest BCUT2D eigenvalue weighted by atomic mass is 10.2. The van der Waals surface area contributed by atoms with Gasteiger partial charge in [-0.15, -0.1) is 0 Å². The standard InChI is InChI=1S/C12H17NO5S/c1-4-18-11-7-5-10(6-8-11)13(19(3,16)17)9(2)12(14)15/h5-9H,4H2,1-3H3,(H,14,15)/t9-/m0/s1. The van der Waals surface area contributed by atoms with Gasteiger partial charge in [0.15, 0.2) is 0 Å². The van der Waals surface area contributed by atoms with Gasteiger partial charge < -0.3 is 9.84 Å². The number of carbonyl (C=O) groups is 1. The van der Waals surface area contributed by atoms with Gasteiger partial charge in [-0.25, -0.2) is 13.2 Å². The summed E-state index contributed by atoms with van der Waals surface area (Å²) in [5.41, 5.74) is 0.292. The quantitative estimate of drug-likeness (QED) is 0.853. The third kappa shape index (κ3) is 3.85. The maximum atomic E-state index is 11.7. The van der Waals surface area contributed by atoms with Gasteiger partial charge in [0.2, 0.25) is 10.0 Å². The fraction of sp³-hybridized carbons (Fsp3) is 0.417. The first-order valence-corrected chi connectivity index (χ1v) is 7.57. The van der Waals surface area contributed by atoms with Gasteiger partial charge in [-0.2, -0.15) is 0 Å². The summed E-state index contributed by atoms with van der Waals surface area (Å²) in [4.78, 5) is 11.0. The molecule has 6 nitrogen and oxygen atoms in total. The molecule has 7 heteroatoms. The minimum absolute atomic E-state index is 0.292. The van der Waals surface area contributed by atoms with Crippen molar-refractivity contribution in [2.75, 3.05) is 17.2 Å². The lowest BCUT2D eigenvalue weighted by Crippen LogP contribution is -2.42. The third-order valence-corrected chi connectivity index (χ3v) is 3.71. The van der Waals surface area contributed by atoms with Crippen LogP contribution in [0.15, 0.2) is 24.3 Å². The highest BCUT2D eigenvalue weighted by atomic mass is 32.2. The van der Waals surface area contributed by atoms with E-state index >= 15 is 0 Å². The normalized spacial score (nSPS) is 12.8. The van der Waals surface area contributed by atoms with Crippen LogP contribution in [0.25, 0.3) is 0 Å². The lowest BCUT2D eigenvalue weighted by molar-refractivity contribution is -0.137. The van der Waals surface area contributed by atoms with Crippen molar-refractivity contribution in [3.63, 3.8) is 0 Å². The van der Waals surface area contributed by atoms with E-state index in [9.17, 15) is 13.2 Å². The van der Waals surface area contributed by atoms with Crippen molar-refractivity contribution in [1.82, 2.24) is 0 Å². The van der Waals surface area contributed by atoms with E-state index in [1.165, 1.54) is 19.1 Å². The predicted molar refractivity (Wildman–Crippen MR) is 72.0 cm³/mol. The fourth-order valence-electron chi connectivity index (χ4n) is 1.66. The van der Waals surface area contributed by atoms with Crippen molar-refractivity contribution in [2.45, 2.75) is 19.9 Å². The molecule has 0 aliphatic carbocycles. The molecule has 0 bridgehead atoms. The summed E-state index contributed by atoms with van der Waals surface area (Å²) >= 11 is 0. The average Bonchev–Trinajstić information content (AvgIpc) is 2.30. The van der Waals surface area contributed by atoms with Gasteiger partial charge in [-0.1, -0.05) is 0 Å². The number of carboxylic acid groups (broad SMARTS) is 1. The first-order chi connectivity index (χ1) is 8.77. The topological polar surface area (TPSA) is 83.9 Å². The number of benzene rings is 1. The van der Waals surface area contributed by atoms with E-state index in [4.69, 9.17) is 9.84 Å². The summed E-state index contributed by atoms with van der Waals surface area (Å²) in [6, 6.07) is 5.07. The molecule has 106 valence electrons. The highest BCUT2D eigenvalue weighted by Crippen LogP contribution is 2.23. The van der Waals surface area contributed by atoms with Gasteiger partial charge in [-0.3, -0.25) is 4.31 Å². The molecule has 0 amide bonds. The number of ether oxygens (including phenoxy) is 1. The molecule has 0 saturated heterocycles. The number of anilines is 1. The van der Waals surface area contributed by atoms with Crippen LogP contribution in [0.4, 0.5) is 5.69 Å². The van der Waals surface area contributed by atoms with Crippen LogP contribution in [-0.2, 0) is 14.8 Å². The number of carboxylic acids is 1. The van der Waals surface area contributed by atoms with E-state index in [1.54, 1.807) is 12.1 Å². The number of rotatable bonds is 6. The van der Waals surface area contributed by atoms with Crippen LogP contribution in [0, 0.1) is 0 Å². The Bertz CT molecular complexity index is 538. The van der Waals surface area contributed by atoms with Crippen LogP contribution in [0.5, 0.6) is 5.75 Å². The molecule has 0 spiro atoms. The van der Waals surface area contributed by atoms with Crippen LogP contribution in [0.2, 0.25) is 0 Å². The lowest BCUT2D eigenvalue weighted by Gasteiger charge is -2.26. The second-order valence-corrected chi connectivity index (χ2v) is 5.86. The Kier molecular flexibility index (Phi) is 4.77. The number of aliphatic carboxylic acids is 1. The first kappa shape index (κ1) is 15.3. The Labute approximate surface area is 112 Å². The van der Waals surface area contributed by atoms with E-state index in [-0.39, 0.29) is 0 Å². The summed E-state index contributed by atoms with van der Waals surface area (Å²) in [6.07, 6.45) is 0.975. The molecule has 1 rings (SSSR count). The number of hydrogen-bond donors (Lipinski definition) is 1. The Morgan fingerprint density at radius 2 is 1.89 bits per heavy atom. The van der Waals surface area contributed by atoms with Crippen LogP contribution in [-0.4, -0.2) is 38.4 Å². The SMILES string of the molecule is CCOc1ccc(N([C@@H](C)C(=O)O)S(C)(=O)=O)cc1. The van der Waals surface area contributed by atoms with E-state index in [0.717, 1.165) is 10.6 Å². The van der Waals surface area contributed by atoms with Crippen LogP contribution < -0.4 is 9.04 Å². The molecule has 0 heterocycles. The summed E-state index contributed by atoms with van der Waals surface area (Å²) in [5.74, 6) is -0.609. The van der Waals surface area contributed by atoms with Gasteiger partial charge in [0, 0.05) is 0 Å². The molecule has 0 aliphatic heterocycles. The Morgan fingerprint density at radius 3 is 2.26 bits per heavy atom. The van der Waals surface area contributed by atoms with Crippen molar-refractivity contribution in [3.05, 3.63) is 24.3 Å². The summed E-state index contributed by atoms with van der Waals surface area (Å²) in [5, 5.41) is 8.99. The minimum atomic E-state index is -3.68. The number of nitrogens with zero attached hydrogens (tertiary/aromatic N) is 1. The Morgan fingerprint density at radius 1 is 1.37 bits per heavy atom. The molecular formula is C12H17NO5S. The van der Waals surface area contributed by atoms with E-state index in [1.807, 2.05) is 6.92 Å². The zero-order valence-corrected chi connectivity index (χ0v) is 11.8. The summed E-state index contributed by atoms with van der Waals surface area (Å²) in [7, 11) is -3.68. The van der Waals surface area contributed by atoms with Gasteiger partial charge in [-0.05, 0) is 38.1 Å². The number of sulfonamides is 1. The van der Waals surface area contributed by atoms with E-state index < -0.39 is 22.0 Å². The molecule has 1 aromatic rings. The highest BCUT2D eigenvalue weighted by molar-refractivity contribution is 7.92. The maximum Gasteiger partial charge on any atom is 0.327 e. The van der Waals surface area contributed by atoms with Gasteiger partial charge in [0.05, 0.1) is 18.6 Å². The Hall–Kier alpha value is -1.76. The molecular weight excluding hydrogens is 270 g/mol. The van der Waals surface area contributed by atoms with Crippen LogP contribution >= 0.6 is 0 Å². The molecule has 1 N–H and O–H groups in total. The molecule has 0 aliphatic rings. The molecule has 0 fully saturated rings. The summed E-state index contributed by atoms with van der Waals surface area (Å²) < 4.78 is 29.6. The molecule has 0 radical (unpaired) electrons. The minimum Gasteiger partial charge on any atom is -0.494 e. The summed E-state index contributed by atoms with van der Waals surface area (Å²) in [6.45, 7) is 3.66. The predicted octanol–water partition coefficient (Wildman–Crippen LogP) is 1.32. The van der Waals surface area contributed by atoms with Crippen molar-refractivity contribution in [1.29, 1.82) is 0 Å². The maximum absolute atomic E-state index is 11.7. The Balaban J connectivity index is 3.15. The molecule has 1 aromatic carbocycles. The largest absolute Gasteiger partial charge is 0.494 e. The monoisotopic (exact) mass is 287 g/mol. The van der Waals surface area contributed by atoms with Crippen LogP contribution in [0.3, 0.4) is 0 Å². The zero-order chi connectivity index (χ0) is 14.6. The van der Waals surface area contributed by atoms with Gasteiger partial charge in [0.25, 0.3) is 0 Å². The van der Waals surface area contributed by atoms with E-state index in [0.29, 0.717) is 18.0 Å². The van der Waals surface area contributed by atoms with Gasteiger partial charge >= 0.3 is 5.97 Å². The second kappa shape index (κ2) is 5.92. The fourth-order valence-corrected chi connectivity index (χ4v) is 2.83.